The Morgan fingerprint density at radius 3 is 2.68 bits per heavy atom. The van der Waals surface area contributed by atoms with Crippen molar-refractivity contribution in [2.75, 3.05) is 13.1 Å². The quantitative estimate of drug-likeness (QED) is 0.859. The molecular formula is C12H19BrN4O2. The van der Waals surface area contributed by atoms with Crippen molar-refractivity contribution >= 4 is 22.0 Å². The summed E-state index contributed by atoms with van der Waals surface area (Å²) >= 11 is 3.31. The van der Waals surface area contributed by atoms with E-state index < -0.39 is 6.09 Å². The van der Waals surface area contributed by atoms with Crippen LogP contribution in [0.1, 0.15) is 33.2 Å². The minimum Gasteiger partial charge on any atom is -0.465 e. The van der Waals surface area contributed by atoms with E-state index in [0.29, 0.717) is 17.7 Å². The summed E-state index contributed by atoms with van der Waals surface area (Å²) in [5.74, 6) is 0.191. The lowest BCUT2D eigenvalue weighted by Gasteiger charge is -2.43. The van der Waals surface area contributed by atoms with E-state index in [0.717, 1.165) is 6.42 Å². The fourth-order valence-corrected chi connectivity index (χ4v) is 2.91. The summed E-state index contributed by atoms with van der Waals surface area (Å²) < 4.78 is 0.709. The normalized spacial score (nSPS) is 24.5. The van der Waals surface area contributed by atoms with Crippen molar-refractivity contribution in [3.63, 3.8) is 0 Å². The zero-order valence-electron chi connectivity index (χ0n) is 11.4. The average Bonchev–Trinajstić information content (AvgIpc) is 2.73. The SMILES string of the molecule is CC(C)(C)C1CN(C(=O)O)CCC1n1ncc(Br)n1. The van der Waals surface area contributed by atoms with Crippen LogP contribution in [0.3, 0.4) is 0 Å². The molecule has 7 heteroatoms. The molecule has 0 aromatic carbocycles. The number of amides is 1. The second-order valence-corrected chi connectivity index (χ2v) is 6.86. The number of nitrogens with zero attached hydrogens (tertiary/aromatic N) is 4. The standard InChI is InChI=1S/C12H19BrN4O2/c1-12(2,3)8-7-16(11(18)19)5-4-9(8)17-14-6-10(13)15-17/h6,8-9H,4-5,7H2,1-3H3,(H,18,19). The first kappa shape index (κ1) is 14.3. The van der Waals surface area contributed by atoms with Crippen LogP contribution < -0.4 is 0 Å². The number of hydrogen-bond acceptors (Lipinski definition) is 3. The molecule has 1 amide bonds. The second-order valence-electron chi connectivity index (χ2n) is 6.04. The molecule has 0 saturated carbocycles. The van der Waals surface area contributed by atoms with Crippen molar-refractivity contribution < 1.29 is 9.90 Å². The first-order chi connectivity index (χ1) is 8.79. The fourth-order valence-electron chi connectivity index (χ4n) is 2.66. The largest absolute Gasteiger partial charge is 0.465 e. The molecule has 6 nitrogen and oxygen atoms in total. The van der Waals surface area contributed by atoms with E-state index in [4.69, 9.17) is 5.11 Å². The highest BCUT2D eigenvalue weighted by molar-refractivity contribution is 9.10. The predicted octanol–water partition coefficient (Wildman–Crippen LogP) is 2.63. The van der Waals surface area contributed by atoms with Gasteiger partial charge in [0.05, 0.1) is 12.2 Å². The number of piperidine rings is 1. The second kappa shape index (κ2) is 5.11. The Bertz CT molecular complexity index is 469. The fraction of sp³-hybridized carbons (Fsp3) is 0.750. The van der Waals surface area contributed by atoms with Crippen LogP contribution in [0, 0.1) is 11.3 Å². The Balaban J connectivity index is 2.25. The van der Waals surface area contributed by atoms with Gasteiger partial charge in [-0.15, -0.1) is 5.10 Å². The number of carboxylic acid groups (broad SMARTS) is 1. The Kier molecular flexibility index (Phi) is 3.85. The molecule has 106 valence electrons. The molecule has 2 rings (SSSR count). The van der Waals surface area contributed by atoms with E-state index in [1.54, 1.807) is 11.0 Å². The predicted molar refractivity (Wildman–Crippen MR) is 73.9 cm³/mol. The van der Waals surface area contributed by atoms with Gasteiger partial charge in [0.1, 0.15) is 4.60 Å². The van der Waals surface area contributed by atoms with E-state index in [9.17, 15) is 4.79 Å². The summed E-state index contributed by atoms with van der Waals surface area (Å²) in [6.07, 6.45) is 1.57. The minimum atomic E-state index is -0.845. The summed E-state index contributed by atoms with van der Waals surface area (Å²) in [5, 5.41) is 17.8. The Labute approximate surface area is 120 Å². The lowest BCUT2D eigenvalue weighted by atomic mass is 9.73. The van der Waals surface area contributed by atoms with Gasteiger partial charge in [0.2, 0.25) is 0 Å². The highest BCUT2D eigenvalue weighted by atomic mass is 79.9. The van der Waals surface area contributed by atoms with Gasteiger partial charge >= 0.3 is 6.09 Å². The van der Waals surface area contributed by atoms with Gasteiger partial charge in [-0.2, -0.15) is 9.90 Å². The molecule has 0 radical (unpaired) electrons. The first-order valence-corrected chi connectivity index (χ1v) is 7.13. The molecule has 1 aromatic rings. The maximum atomic E-state index is 11.2. The molecule has 0 aliphatic carbocycles. The van der Waals surface area contributed by atoms with Crippen LogP contribution in [0.25, 0.3) is 0 Å². The van der Waals surface area contributed by atoms with Crippen LogP contribution in [0.2, 0.25) is 0 Å². The van der Waals surface area contributed by atoms with Crippen LogP contribution >= 0.6 is 15.9 Å². The van der Waals surface area contributed by atoms with Crippen molar-refractivity contribution in [2.45, 2.75) is 33.2 Å². The molecule has 2 heterocycles. The van der Waals surface area contributed by atoms with E-state index in [2.05, 4.69) is 46.9 Å². The summed E-state index contributed by atoms with van der Waals surface area (Å²) in [7, 11) is 0. The summed E-state index contributed by atoms with van der Waals surface area (Å²) in [4.78, 5) is 14.4. The van der Waals surface area contributed by atoms with Crippen LogP contribution in [-0.4, -0.2) is 44.2 Å². The third-order valence-electron chi connectivity index (χ3n) is 3.74. The zero-order chi connectivity index (χ0) is 14.2. The van der Waals surface area contributed by atoms with Gasteiger partial charge in [-0.1, -0.05) is 20.8 Å². The van der Waals surface area contributed by atoms with Crippen molar-refractivity contribution in [1.29, 1.82) is 0 Å². The number of hydrogen-bond donors (Lipinski definition) is 1. The van der Waals surface area contributed by atoms with Crippen molar-refractivity contribution in [1.82, 2.24) is 19.9 Å². The smallest absolute Gasteiger partial charge is 0.407 e. The molecule has 1 aliphatic heterocycles. The van der Waals surface area contributed by atoms with Crippen molar-refractivity contribution in [3.8, 4) is 0 Å². The molecule has 2 atom stereocenters. The average molecular weight is 331 g/mol. The van der Waals surface area contributed by atoms with Gasteiger partial charge in [-0.25, -0.2) is 4.79 Å². The molecule has 1 aliphatic rings. The number of halogens is 1. The van der Waals surface area contributed by atoms with Gasteiger partial charge in [0.25, 0.3) is 0 Å². The van der Waals surface area contributed by atoms with E-state index >= 15 is 0 Å². The molecule has 1 aromatic heterocycles. The lowest BCUT2D eigenvalue weighted by molar-refractivity contribution is 0.0411. The van der Waals surface area contributed by atoms with Gasteiger partial charge in [-0.05, 0) is 27.8 Å². The Morgan fingerprint density at radius 2 is 2.21 bits per heavy atom. The molecule has 1 N–H and O–H groups in total. The molecule has 19 heavy (non-hydrogen) atoms. The summed E-state index contributed by atoms with van der Waals surface area (Å²) in [6.45, 7) is 7.46. The summed E-state index contributed by atoms with van der Waals surface area (Å²) in [6, 6.07) is 0.141. The minimum absolute atomic E-state index is 0.00110. The maximum absolute atomic E-state index is 11.2. The molecule has 0 spiro atoms. The molecule has 1 saturated heterocycles. The van der Waals surface area contributed by atoms with Gasteiger partial charge < -0.3 is 10.0 Å². The molecular weight excluding hydrogens is 312 g/mol. The summed E-state index contributed by atoms with van der Waals surface area (Å²) in [5.41, 5.74) is -0.00110. The third kappa shape index (κ3) is 3.08. The van der Waals surface area contributed by atoms with E-state index in [-0.39, 0.29) is 17.4 Å². The number of carbonyl (C=O) groups is 1. The van der Waals surface area contributed by atoms with E-state index in [1.165, 1.54) is 4.90 Å². The molecule has 0 bridgehead atoms. The first-order valence-electron chi connectivity index (χ1n) is 6.34. The van der Waals surface area contributed by atoms with Crippen molar-refractivity contribution in [2.24, 2.45) is 11.3 Å². The third-order valence-corrected chi connectivity index (χ3v) is 4.10. The zero-order valence-corrected chi connectivity index (χ0v) is 13.0. The van der Waals surface area contributed by atoms with Crippen LogP contribution in [0.4, 0.5) is 4.79 Å². The lowest BCUT2D eigenvalue weighted by Crippen LogP contribution is -2.48. The monoisotopic (exact) mass is 330 g/mol. The topological polar surface area (TPSA) is 71.2 Å². The molecule has 2 unspecified atom stereocenters. The van der Waals surface area contributed by atoms with Crippen molar-refractivity contribution in [3.05, 3.63) is 10.8 Å². The molecule has 1 fully saturated rings. The van der Waals surface area contributed by atoms with Crippen LogP contribution in [0.5, 0.6) is 0 Å². The van der Waals surface area contributed by atoms with E-state index in [1.807, 2.05) is 0 Å². The number of rotatable bonds is 1. The Morgan fingerprint density at radius 1 is 1.53 bits per heavy atom. The van der Waals surface area contributed by atoms with Crippen LogP contribution in [0.15, 0.2) is 10.8 Å². The van der Waals surface area contributed by atoms with Crippen LogP contribution in [-0.2, 0) is 0 Å². The number of aromatic nitrogens is 3. The highest BCUT2D eigenvalue weighted by Crippen LogP contribution is 2.39. The number of likely N-dealkylation sites (tertiary alicyclic amines) is 1. The highest BCUT2D eigenvalue weighted by Gasteiger charge is 2.40. The van der Waals surface area contributed by atoms with Gasteiger partial charge in [-0.3, -0.25) is 0 Å². The van der Waals surface area contributed by atoms with Gasteiger partial charge in [0.15, 0.2) is 0 Å². The maximum Gasteiger partial charge on any atom is 0.407 e. The van der Waals surface area contributed by atoms with Gasteiger partial charge in [0, 0.05) is 19.0 Å². The Hall–Kier alpha value is -1.11.